The zero-order valence-corrected chi connectivity index (χ0v) is 11.3. The summed E-state index contributed by atoms with van der Waals surface area (Å²) in [5.74, 6) is 0.883. The molecule has 0 fully saturated rings. The van der Waals surface area contributed by atoms with Crippen molar-refractivity contribution in [1.29, 1.82) is 0 Å². The first-order valence-corrected chi connectivity index (χ1v) is 6.48. The normalized spacial score (nSPS) is 13.4. The third-order valence-corrected chi connectivity index (χ3v) is 3.54. The van der Waals surface area contributed by atoms with Crippen LogP contribution >= 0.6 is 0 Å². The van der Waals surface area contributed by atoms with Crippen molar-refractivity contribution in [3.8, 4) is 5.75 Å². The van der Waals surface area contributed by atoms with E-state index in [2.05, 4.69) is 0 Å². The standard InChI is InChI=1S/C16H14BNO2/c1-20-14-5-2-11(3-6-14)9-18-10-12-8-13(17)4-7-15(12)16(18)19/h2-8H,9-10H2,1H3. The molecular weight excluding hydrogens is 249 g/mol. The van der Waals surface area contributed by atoms with Gasteiger partial charge in [-0.2, -0.15) is 0 Å². The van der Waals surface area contributed by atoms with Crippen LogP contribution in [-0.2, 0) is 13.1 Å². The molecule has 2 aromatic carbocycles. The van der Waals surface area contributed by atoms with Gasteiger partial charge in [-0.1, -0.05) is 29.7 Å². The number of hydrogen-bond donors (Lipinski definition) is 0. The minimum atomic E-state index is 0.0656. The summed E-state index contributed by atoms with van der Waals surface area (Å²) in [6, 6.07) is 13.2. The zero-order chi connectivity index (χ0) is 14.1. The van der Waals surface area contributed by atoms with Crippen molar-refractivity contribution in [3.63, 3.8) is 0 Å². The number of carbonyl (C=O) groups excluding carboxylic acids is 1. The van der Waals surface area contributed by atoms with Gasteiger partial charge in [0.15, 0.2) is 0 Å². The SMILES string of the molecule is [B]c1ccc2c(c1)CN(Cc1ccc(OC)cc1)C2=O. The van der Waals surface area contributed by atoms with E-state index < -0.39 is 0 Å². The first-order chi connectivity index (χ1) is 9.67. The lowest BCUT2D eigenvalue weighted by Gasteiger charge is -2.15. The van der Waals surface area contributed by atoms with Crippen molar-refractivity contribution in [2.75, 3.05) is 7.11 Å². The van der Waals surface area contributed by atoms with Crippen molar-refractivity contribution >= 4 is 19.2 Å². The van der Waals surface area contributed by atoms with Crippen LogP contribution in [0.2, 0.25) is 0 Å². The highest BCUT2D eigenvalue weighted by molar-refractivity contribution is 6.32. The van der Waals surface area contributed by atoms with E-state index in [-0.39, 0.29) is 5.91 Å². The van der Waals surface area contributed by atoms with Crippen molar-refractivity contribution in [1.82, 2.24) is 4.90 Å². The molecule has 1 aliphatic heterocycles. The number of amides is 1. The Bertz CT molecular complexity index is 652. The number of benzene rings is 2. The molecule has 1 amide bonds. The third-order valence-electron chi connectivity index (χ3n) is 3.54. The summed E-state index contributed by atoms with van der Waals surface area (Å²) in [7, 11) is 7.40. The molecule has 0 spiro atoms. The Morgan fingerprint density at radius 1 is 1.20 bits per heavy atom. The molecule has 0 unspecified atom stereocenters. The second-order valence-electron chi connectivity index (χ2n) is 4.93. The first-order valence-electron chi connectivity index (χ1n) is 6.48. The predicted octanol–water partition coefficient (Wildman–Crippen LogP) is 1.65. The van der Waals surface area contributed by atoms with Gasteiger partial charge in [-0.3, -0.25) is 4.79 Å². The smallest absolute Gasteiger partial charge is 0.254 e. The van der Waals surface area contributed by atoms with Gasteiger partial charge in [0, 0.05) is 18.7 Å². The Morgan fingerprint density at radius 3 is 2.65 bits per heavy atom. The van der Waals surface area contributed by atoms with E-state index in [1.165, 1.54) is 0 Å². The van der Waals surface area contributed by atoms with Crippen molar-refractivity contribution in [3.05, 3.63) is 59.2 Å². The zero-order valence-electron chi connectivity index (χ0n) is 11.3. The summed E-state index contributed by atoms with van der Waals surface area (Å²) in [5, 5.41) is 0. The molecule has 2 radical (unpaired) electrons. The maximum Gasteiger partial charge on any atom is 0.254 e. The van der Waals surface area contributed by atoms with Gasteiger partial charge < -0.3 is 9.64 Å². The number of rotatable bonds is 3. The topological polar surface area (TPSA) is 29.5 Å². The highest BCUT2D eigenvalue weighted by Crippen LogP contribution is 2.24. The highest BCUT2D eigenvalue weighted by atomic mass is 16.5. The number of carbonyl (C=O) groups is 1. The van der Waals surface area contributed by atoms with Gasteiger partial charge in [-0.25, -0.2) is 0 Å². The lowest BCUT2D eigenvalue weighted by Crippen LogP contribution is -2.23. The largest absolute Gasteiger partial charge is 0.497 e. The van der Waals surface area contributed by atoms with Gasteiger partial charge in [0.2, 0.25) is 0 Å². The van der Waals surface area contributed by atoms with E-state index in [0.717, 1.165) is 22.4 Å². The Kier molecular flexibility index (Phi) is 3.22. The summed E-state index contributed by atoms with van der Waals surface area (Å²) in [4.78, 5) is 14.1. The van der Waals surface area contributed by atoms with Crippen LogP contribution < -0.4 is 10.2 Å². The second kappa shape index (κ2) is 5.04. The van der Waals surface area contributed by atoms with Crippen LogP contribution in [0, 0.1) is 0 Å². The number of nitrogens with zero attached hydrogens (tertiary/aromatic N) is 1. The predicted molar refractivity (Wildman–Crippen MR) is 78.4 cm³/mol. The van der Waals surface area contributed by atoms with Crippen LogP contribution in [0.15, 0.2) is 42.5 Å². The third kappa shape index (κ3) is 2.29. The summed E-state index contributed by atoms with van der Waals surface area (Å²) in [5.41, 5.74) is 3.54. The lowest BCUT2D eigenvalue weighted by molar-refractivity contribution is 0.0766. The van der Waals surface area contributed by atoms with Crippen molar-refractivity contribution < 1.29 is 9.53 Å². The molecule has 0 saturated heterocycles. The molecular formula is C16H14BNO2. The van der Waals surface area contributed by atoms with Crippen LogP contribution in [-0.4, -0.2) is 25.8 Å². The molecule has 1 heterocycles. The Labute approximate surface area is 119 Å². The fourth-order valence-electron chi connectivity index (χ4n) is 2.48. The fraction of sp³-hybridized carbons (Fsp3) is 0.188. The minimum absolute atomic E-state index is 0.0656. The van der Waals surface area contributed by atoms with Crippen LogP contribution in [0.4, 0.5) is 0 Å². The van der Waals surface area contributed by atoms with Gasteiger partial charge in [0.25, 0.3) is 5.91 Å². The molecule has 0 N–H and O–H groups in total. The maximum absolute atomic E-state index is 12.3. The molecule has 0 bridgehead atoms. The Hall–Kier alpha value is -2.23. The number of ether oxygens (including phenoxy) is 1. The average molecular weight is 263 g/mol. The molecule has 98 valence electrons. The van der Waals surface area contributed by atoms with E-state index in [1.807, 2.05) is 35.2 Å². The first kappa shape index (κ1) is 12.8. The average Bonchev–Trinajstić information content (AvgIpc) is 2.75. The quantitative estimate of drug-likeness (QED) is 0.788. The monoisotopic (exact) mass is 263 g/mol. The van der Waals surface area contributed by atoms with Crippen LogP contribution in [0.1, 0.15) is 21.5 Å². The summed E-state index contributed by atoms with van der Waals surface area (Å²) < 4.78 is 5.13. The van der Waals surface area contributed by atoms with Gasteiger partial charge in [0.05, 0.1) is 7.11 Å². The van der Waals surface area contributed by atoms with Crippen molar-refractivity contribution in [2.45, 2.75) is 13.1 Å². The maximum atomic E-state index is 12.3. The van der Waals surface area contributed by atoms with E-state index in [1.54, 1.807) is 19.2 Å². The second-order valence-corrected chi connectivity index (χ2v) is 4.93. The van der Waals surface area contributed by atoms with Crippen LogP contribution in [0.5, 0.6) is 5.75 Å². The molecule has 2 aromatic rings. The number of fused-ring (bicyclic) bond motifs is 1. The molecule has 3 rings (SSSR count). The van der Waals surface area contributed by atoms with E-state index in [9.17, 15) is 4.79 Å². The molecule has 1 aliphatic rings. The summed E-state index contributed by atoms with van der Waals surface area (Å²) >= 11 is 0. The summed E-state index contributed by atoms with van der Waals surface area (Å²) in [6.45, 7) is 1.21. The van der Waals surface area contributed by atoms with Gasteiger partial charge in [0.1, 0.15) is 13.6 Å². The van der Waals surface area contributed by atoms with Gasteiger partial charge in [-0.05, 0) is 29.3 Å². The van der Waals surface area contributed by atoms with Crippen molar-refractivity contribution in [2.24, 2.45) is 0 Å². The molecule has 4 heteroatoms. The minimum Gasteiger partial charge on any atom is -0.497 e. The van der Waals surface area contributed by atoms with Crippen LogP contribution in [0.3, 0.4) is 0 Å². The molecule has 0 aromatic heterocycles. The highest BCUT2D eigenvalue weighted by Gasteiger charge is 2.26. The molecule has 3 nitrogen and oxygen atoms in total. The van der Waals surface area contributed by atoms with Crippen LogP contribution in [0.25, 0.3) is 0 Å². The number of hydrogen-bond acceptors (Lipinski definition) is 2. The Balaban J connectivity index is 1.78. The Morgan fingerprint density at radius 2 is 1.95 bits per heavy atom. The lowest BCUT2D eigenvalue weighted by atomic mass is 9.93. The molecule has 0 aliphatic carbocycles. The van der Waals surface area contributed by atoms with E-state index >= 15 is 0 Å². The van der Waals surface area contributed by atoms with E-state index in [4.69, 9.17) is 12.6 Å². The fourth-order valence-corrected chi connectivity index (χ4v) is 2.48. The summed E-state index contributed by atoms with van der Waals surface area (Å²) in [6.07, 6.45) is 0. The number of methoxy groups -OCH3 is 1. The molecule has 0 saturated carbocycles. The van der Waals surface area contributed by atoms with Gasteiger partial charge >= 0.3 is 0 Å². The van der Waals surface area contributed by atoms with Gasteiger partial charge in [-0.15, -0.1) is 0 Å². The molecule has 0 atom stereocenters. The molecule has 20 heavy (non-hydrogen) atoms. The van der Waals surface area contributed by atoms with E-state index in [0.29, 0.717) is 18.6 Å².